The van der Waals surface area contributed by atoms with E-state index in [0.717, 1.165) is 10.9 Å². The molecule has 0 fully saturated rings. The van der Waals surface area contributed by atoms with Crippen LogP contribution < -0.4 is 5.43 Å². The molecule has 0 aliphatic heterocycles. The standard InChI is InChI=1S/C16H11Cl2N3O/c17-13-6-3-4-10(15(13)18)8-20-21-16(22)12-9-19-14-7-2-1-5-11(12)14/h1-9,19H,(H,21,22)/b20-8-. The number of halogens is 2. The predicted molar refractivity (Wildman–Crippen MR) is 89.8 cm³/mol. The second-order valence-electron chi connectivity index (χ2n) is 4.59. The zero-order valence-electron chi connectivity index (χ0n) is 11.3. The normalized spacial score (nSPS) is 11.2. The molecule has 0 spiro atoms. The highest BCUT2D eigenvalue weighted by molar-refractivity contribution is 6.43. The molecule has 1 amide bonds. The highest BCUT2D eigenvalue weighted by atomic mass is 35.5. The van der Waals surface area contributed by atoms with Crippen molar-refractivity contribution in [2.45, 2.75) is 0 Å². The number of hydrogen-bond donors (Lipinski definition) is 2. The molecule has 110 valence electrons. The minimum atomic E-state index is -0.299. The minimum Gasteiger partial charge on any atom is -0.360 e. The maximum atomic E-state index is 12.2. The molecule has 0 radical (unpaired) electrons. The second kappa shape index (κ2) is 6.22. The SMILES string of the molecule is O=C(N/N=C\c1cccc(Cl)c1Cl)c1c[nH]c2ccccc12. The van der Waals surface area contributed by atoms with Crippen molar-refractivity contribution in [3.8, 4) is 0 Å². The van der Waals surface area contributed by atoms with Gasteiger partial charge in [-0.3, -0.25) is 4.79 Å². The van der Waals surface area contributed by atoms with Crippen molar-refractivity contribution in [1.82, 2.24) is 10.4 Å². The Bertz CT molecular complexity index is 871. The summed E-state index contributed by atoms with van der Waals surface area (Å²) in [6.07, 6.45) is 3.11. The summed E-state index contributed by atoms with van der Waals surface area (Å²) in [5, 5.41) is 5.60. The van der Waals surface area contributed by atoms with E-state index in [-0.39, 0.29) is 5.91 Å². The van der Waals surface area contributed by atoms with Gasteiger partial charge in [-0.15, -0.1) is 0 Å². The van der Waals surface area contributed by atoms with Crippen LogP contribution in [0.2, 0.25) is 10.0 Å². The minimum absolute atomic E-state index is 0.299. The summed E-state index contributed by atoms with van der Waals surface area (Å²) in [6, 6.07) is 12.8. The second-order valence-corrected chi connectivity index (χ2v) is 5.38. The quantitative estimate of drug-likeness (QED) is 0.547. The molecule has 6 heteroatoms. The number of aromatic amines is 1. The Morgan fingerprint density at radius 3 is 2.82 bits per heavy atom. The van der Waals surface area contributed by atoms with Crippen LogP contribution >= 0.6 is 23.2 Å². The van der Waals surface area contributed by atoms with Crippen LogP contribution in [0.5, 0.6) is 0 Å². The maximum absolute atomic E-state index is 12.2. The number of hydrazone groups is 1. The third kappa shape index (κ3) is 2.84. The summed E-state index contributed by atoms with van der Waals surface area (Å²) >= 11 is 12.0. The fourth-order valence-electron chi connectivity index (χ4n) is 2.10. The molecular formula is C16H11Cl2N3O. The van der Waals surface area contributed by atoms with E-state index in [0.29, 0.717) is 21.2 Å². The molecule has 0 atom stereocenters. The highest BCUT2D eigenvalue weighted by Crippen LogP contribution is 2.24. The number of fused-ring (bicyclic) bond motifs is 1. The van der Waals surface area contributed by atoms with E-state index in [1.165, 1.54) is 6.21 Å². The first kappa shape index (κ1) is 14.6. The zero-order valence-corrected chi connectivity index (χ0v) is 12.8. The number of benzene rings is 2. The van der Waals surface area contributed by atoms with E-state index < -0.39 is 0 Å². The van der Waals surface area contributed by atoms with E-state index >= 15 is 0 Å². The van der Waals surface area contributed by atoms with Gasteiger partial charge in [-0.2, -0.15) is 5.10 Å². The van der Waals surface area contributed by atoms with Gasteiger partial charge in [0.25, 0.3) is 5.91 Å². The Hall–Kier alpha value is -2.30. The summed E-state index contributed by atoms with van der Waals surface area (Å²) in [6.45, 7) is 0. The predicted octanol–water partition coefficient (Wildman–Crippen LogP) is 4.24. The molecule has 0 aliphatic rings. The number of nitrogens with zero attached hydrogens (tertiary/aromatic N) is 1. The molecule has 22 heavy (non-hydrogen) atoms. The van der Waals surface area contributed by atoms with Crippen molar-refractivity contribution < 1.29 is 4.79 Å². The van der Waals surface area contributed by atoms with Gasteiger partial charge in [0.1, 0.15) is 0 Å². The molecule has 3 rings (SSSR count). The topological polar surface area (TPSA) is 57.2 Å². The molecular weight excluding hydrogens is 321 g/mol. The van der Waals surface area contributed by atoms with Crippen molar-refractivity contribution in [2.75, 3.05) is 0 Å². The molecule has 0 unspecified atom stereocenters. The van der Waals surface area contributed by atoms with Crippen LogP contribution in [0, 0.1) is 0 Å². The smallest absolute Gasteiger partial charge is 0.273 e. The molecule has 1 heterocycles. The molecule has 2 N–H and O–H groups in total. The van der Waals surface area contributed by atoms with Crippen LogP contribution in [0.3, 0.4) is 0 Å². The molecule has 4 nitrogen and oxygen atoms in total. The van der Waals surface area contributed by atoms with Gasteiger partial charge in [0.05, 0.1) is 21.8 Å². The largest absolute Gasteiger partial charge is 0.360 e. The Kier molecular flexibility index (Phi) is 4.13. The van der Waals surface area contributed by atoms with E-state index in [1.54, 1.807) is 24.4 Å². The lowest BCUT2D eigenvalue weighted by Crippen LogP contribution is -2.17. The number of amides is 1. The summed E-state index contributed by atoms with van der Waals surface area (Å²) in [7, 11) is 0. The van der Waals surface area contributed by atoms with Crippen molar-refractivity contribution in [3.63, 3.8) is 0 Å². The van der Waals surface area contributed by atoms with Gasteiger partial charge < -0.3 is 4.98 Å². The number of hydrogen-bond acceptors (Lipinski definition) is 2. The number of rotatable bonds is 3. The molecule has 0 saturated heterocycles. The van der Waals surface area contributed by atoms with Crippen LogP contribution in [-0.4, -0.2) is 17.1 Å². The molecule has 0 aliphatic carbocycles. The number of aromatic nitrogens is 1. The van der Waals surface area contributed by atoms with Gasteiger partial charge in [0.15, 0.2) is 0 Å². The lowest BCUT2D eigenvalue weighted by Gasteiger charge is -2.00. The first-order valence-electron chi connectivity index (χ1n) is 6.50. The van der Waals surface area contributed by atoms with Gasteiger partial charge in [-0.1, -0.05) is 53.5 Å². The maximum Gasteiger partial charge on any atom is 0.273 e. The summed E-state index contributed by atoms with van der Waals surface area (Å²) in [4.78, 5) is 15.2. The van der Waals surface area contributed by atoms with Crippen molar-refractivity contribution in [3.05, 3.63) is 69.8 Å². The van der Waals surface area contributed by atoms with Crippen LogP contribution in [0.4, 0.5) is 0 Å². The summed E-state index contributed by atoms with van der Waals surface area (Å²) in [5.74, 6) is -0.299. The first-order chi connectivity index (χ1) is 10.7. The van der Waals surface area contributed by atoms with Crippen molar-refractivity contribution in [2.24, 2.45) is 5.10 Å². The number of carbonyl (C=O) groups excluding carboxylic acids is 1. The molecule has 0 saturated carbocycles. The van der Waals surface area contributed by atoms with Gasteiger partial charge in [-0.05, 0) is 12.1 Å². The molecule has 0 bridgehead atoms. The lowest BCUT2D eigenvalue weighted by molar-refractivity contribution is 0.0957. The molecule has 2 aromatic carbocycles. The Labute approximate surface area is 136 Å². The van der Waals surface area contributed by atoms with Gasteiger partial charge in [0.2, 0.25) is 0 Å². The van der Waals surface area contributed by atoms with Gasteiger partial charge in [-0.25, -0.2) is 5.43 Å². The third-order valence-corrected chi connectivity index (χ3v) is 4.02. The number of carbonyl (C=O) groups is 1. The first-order valence-corrected chi connectivity index (χ1v) is 7.26. The van der Waals surface area contributed by atoms with Gasteiger partial charge in [0, 0.05) is 22.7 Å². The Balaban J connectivity index is 1.77. The fourth-order valence-corrected chi connectivity index (χ4v) is 2.46. The monoisotopic (exact) mass is 331 g/mol. The molecule has 3 aromatic rings. The average molecular weight is 332 g/mol. The number of para-hydroxylation sites is 1. The van der Waals surface area contributed by atoms with E-state index in [2.05, 4.69) is 15.5 Å². The lowest BCUT2D eigenvalue weighted by atomic mass is 10.2. The average Bonchev–Trinajstić information content (AvgIpc) is 2.95. The Morgan fingerprint density at radius 1 is 1.14 bits per heavy atom. The van der Waals surface area contributed by atoms with Gasteiger partial charge >= 0.3 is 0 Å². The summed E-state index contributed by atoms with van der Waals surface area (Å²) < 4.78 is 0. The Morgan fingerprint density at radius 2 is 1.95 bits per heavy atom. The fraction of sp³-hybridized carbons (Fsp3) is 0. The molecule has 1 aromatic heterocycles. The summed E-state index contributed by atoms with van der Waals surface area (Å²) in [5.41, 5.74) is 4.54. The van der Waals surface area contributed by atoms with Crippen LogP contribution in [0.15, 0.2) is 53.8 Å². The number of nitrogens with one attached hydrogen (secondary N) is 2. The van der Waals surface area contributed by atoms with Crippen molar-refractivity contribution >= 4 is 46.2 Å². The van der Waals surface area contributed by atoms with Crippen LogP contribution in [0.1, 0.15) is 15.9 Å². The van der Waals surface area contributed by atoms with E-state index in [9.17, 15) is 4.79 Å². The van der Waals surface area contributed by atoms with Crippen LogP contribution in [-0.2, 0) is 0 Å². The van der Waals surface area contributed by atoms with Crippen molar-refractivity contribution in [1.29, 1.82) is 0 Å². The van der Waals surface area contributed by atoms with Crippen LogP contribution in [0.25, 0.3) is 10.9 Å². The van der Waals surface area contributed by atoms with E-state index in [4.69, 9.17) is 23.2 Å². The highest BCUT2D eigenvalue weighted by Gasteiger charge is 2.10. The van der Waals surface area contributed by atoms with E-state index in [1.807, 2.05) is 24.3 Å². The third-order valence-electron chi connectivity index (χ3n) is 3.19. The number of H-pyrrole nitrogens is 1. The zero-order chi connectivity index (χ0) is 15.5.